The number of aromatic nitrogens is 1. The van der Waals surface area contributed by atoms with Crippen molar-refractivity contribution < 1.29 is 27.6 Å². The summed E-state index contributed by atoms with van der Waals surface area (Å²) in [6, 6.07) is 0.194. The Morgan fingerprint density at radius 3 is 2.38 bits per heavy atom. The summed E-state index contributed by atoms with van der Waals surface area (Å²) in [5.74, 6) is -3.97. The van der Waals surface area contributed by atoms with Gasteiger partial charge in [-0.1, -0.05) is 48.5 Å². The Labute approximate surface area is 243 Å². The molecule has 2 aliphatic carbocycles. The molecule has 42 heavy (non-hydrogen) atoms. The van der Waals surface area contributed by atoms with E-state index in [0.717, 1.165) is 30.5 Å². The number of H-pyrrole nitrogens is 1. The molecule has 9 nitrogen and oxygen atoms in total. The highest BCUT2D eigenvalue weighted by Gasteiger charge is 2.70. The van der Waals surface area contributed by atoms with Crippen molar-refractivity contribution in [2.75, 3.05) is 6.54 Å². The highest BCUT2D eigenvalue weighted by Crippen LogP contribution is 2.65. The number of aryl methyl sites for hydroxylation is 1. The van der Waals surface area contributed by atoms with Crippen LogP contribution in [0.15, 0.2) is 10.9 Å². The minimum atomic E-state index is -5.18. The van der Waals surface area contributed by atoms with Gasteiger partial charge in [-0.2, -0.15) is 18.4 Å². The van der Waals surface area contributed by atoms with E-state index in [1.165, 1.54) is 25.7 Å². The fourth-order valence-corrected chi connectivity index (χ4v) is 6.71. The SMILES string of the molecule is CC1(C)CCc2[nH]c(=O)c(CC(C#N)NC(=O)[C@@H]3[C@H]4[C@H](CN3C(=O)[C@@H](NC(=O)C(F)(F)F)C(C)(C)C)C4(C)C)cc2C1. The number of nitrogens with zero attached hydrogens (tertiary/aromatic N) is 2. The van der Waals surface area contributed by atoms with Gasteiger partial charge in [0.2, 0.25) is 11.8 Å². The van der Waals surface area contributed by atoms with Crippen molar-refractivity contribution >= 4 is 17.7 Å². The molecule has 2 heterocycles. The molecule has 1 saturated heterocycles. The summed E-state index contributed by atoms with van der Waals surface area (Å²) in [5.41, 5.74) is 0.625. The van der Waals surface area contributed by atoms with Gasteiger partial charge in [0.25, 0.3) is 5.56 Å². The lowest BCUT2D eigenvalue weighted by atomic mass is 9.75. The van der Waals surface area contributed by atoms with Crippen molar-refractivity contribution in [2.45, 2.75) is 98.5 Å². The number of fused-ring (bicyclic) bond motifs is 2. The largest absolute Gasteiger partial charge is 0.471 e. The zero-order valence-electron chi connectivity index (χ0n) is 25.2. The van der Waals surface area contributed by atoms with Gasteiger partial charge >= 0.3 is 12.1 Å². The zero-order valence-corrected chi connectivity index (χ0v) is 25.2. The van der Waals surface area contributed by atoms with E-state index in [1.54, 1.807) is 6.07 Å². The Bertz CT molecular complexity index is 1380. The molecule has 12 heteroatoms. The first-order chi connectivity index (χ1) is 19.2. The average Bonchev–Trinajstić information content (AvgIpc) is 3.18. The van der Waals surface area contributed by atoms with Gasteiger partial charge in [-0.05, 0) is 59.0 Å². The number of nitrogens with one attached hydrogen (secondary N) is 3. The highest BCUT2D eigenvalue weighted by atomic mass is 19.4. The number of likely N-dealkylation sites (tertiary alicyclic amines) is 1. The lowest BCUT2D eigenvalue weighted by Gasteiger charge is -2.37. The van der Waals surface area contributed by atoms with Gasteiger partial charge < -0.3 is 20.5 Å². The van der Waals surface area contributed by atoms with Gasteiger partial charge in [-0.15, -0.1) is 0 Å². The molecule has 3 aliphatic rings. The number of carbonyl (C=O) groups excluding carboxylic acids is 3. The maximum absolute atomic E-state index is 13.7. The van der Waals surface area contributed by atoms with Gasteiger partial charge in [0.15, 0.2) is 0 Å². The summed E-state index contributed by atoms with van der Waals surface area (Å²) in [6.07, 6.45) is -2.77. The first kappa shape index (κ1) is 31.6. The quantitative estimate of drug-likeness (QED) is 0.468. The maximum Gasteiger partial charge on any atom is 0.471 e. The smallest absolute Gasteiger partial charge is 0.338 e. The molecule has 1 saturated carbocycles. The van der Waals surface area contributed by atoms with Crippen molar-refractivity contribution in [1.82, 2.24) is 20.5 Å². The molecule has 230 valence electrons. The highest BCUT2D eigenvalue weighted by molar-refractivity contribution is 5.95. The number of rotatable bonds is 6. The zero-order chi connectivity index (χ0) is 31.6. The second kappa shape index (κ2) is 10.4. The first-order valence-electron chi connectivity index (χ1n) is 14.3. The molecule has 3 amide bonds. The fraction of sp³-hybridized carbons (Fsp3) is 0.700. The van der Waals surface area contributed by atoms with Crippen LogP contribution in [0.25, 0.3) is 0 Å². The van der Waals surface area contributed by atoms with Crippen LogP contribution in [-0.2, 0) is 33.6 Å². The third kappa shape index (κ3) is 6.06. The van der Waals surface area contributed by atoms with Gasteiger partial charge in [0.05, 0.1) is 6.07 Å². The van der Waals surface area contributed by atoms with Gasteiger partial charge in [-0.25, -0.2) is 0 Å². The average molecular weight is 592 g/mol. The third-order valence-corrected chi connectivity index (χ3v) is 9.32. The van der Waals surface area contributed by atoms with Crippen LogP contribution in [0.5, 0.6) is 0 Å². The predicted octanol–water partition coefficient (Wildman–Crippen LogP) is 3.02. The van der Waals surface area contributed by atoms with E-state index in [4.69, 9.17) is 0 Å². The van der Waals surface area contributed by atoms with Gasteiger partial charge in [-0.3, -0.25) is 19.2 Å². The predicted molar refractivity (Wildman–Crippen MR) is 148 cm³/mol. The van der Waals surface area contributed by atoms with Crippen molar-refractivity contribution in [3.05, 3.63) is 33.2 Å². The molecule has 0 aromatic carbocycles. The summed E-state index contributed by atoms with van der Waals surface area (Å²) < 4.78 is 39.2. The number of hydrogen-bond donors (Lipinski definition) is 3. The Balaban J connectivity index is 1.55. The molecule has 1 aliphatic heterocycles. The van der Waals surface area contributed by atoms with Crippen molar-refractivity contribution in [1.29, 1.82) is 5.26 Å². The number of hydrogen-bond acceptors (Lipinski definition) is 5. The van der Waals surface area contributed by atoms with E-state index in [-0.39, 0.29) is 41.2 Å². The summed E-state index contributed by atoms with van der Waals surface area (Å²) in [7, 11) is 0. The van der Waals surface area contributed by atoms with Crippen LogP contribution in [-0.4, -0.2) is 58.5 Å². The molecule has 5 atom stereocenters. The molecule has 4 rings (SSSR count). The lowest BCUT2D eigenvalue weighted by Crippen LogP contribution is -2.61. The number of piperidine rings is 1. The number of aromatic amines is 1. The molecule has 0 bridgehead atoms. The Hall–Kier alpha value is -3.36. The fourth-order valence-electron chi connectivity index (χ4n) is 6.71. The van der Waals surface area contributed by atoms with Gasteiger partial charge in [0.1, 0.15) is 18.1 Å². The Morgan fingerprint density at radius 2 is 1.81 bits per heavy atom. The van der Waals surface area contributed by atoms with Crippen LogP contribution in [0, 0.1) is 39.4 Å². The Kier molecular flexibility index (Phi) is 7.83. The van der Waals surface area contributed by atoms with Crippen LogP contribution >= 0.6 is 0 Å². The summed E-state index contributed by atoms with van der Waals surface area (Å²) in [6.45, 7) is 12.9. The van der Waals surface area contributed by atoms with Crippen molar-refractivity contribution in [3.8, 4) is 6.07 Å². The molecule has 1 aromatic heterocycles. The molecule has 1 unspecified atom stereocenters. The van der Waals surface area contributed by atoms with Crippen LogP contribution in [0.4, 0.5) is 13.2 Å². The molecular weight excluding hydrogens is 551 g/mol. The van der Waals surface area contributed by atoms with E-state index in [2.05, 4.69) is 24.1 Å². The number of amides is 3. The number of pyridine rings is 1. The minimum Gasteiger partial charge on any atom is -0.338 e. The normalized spacial score (nSPS) is 25.4. The van der Waals surface area contributed by atoms with Crippen LogP contribution in [0.3, 0.4) is 0 Å². The molecule has 1 aromatic rings. The van der Waals surface area contributed by atoms with E-state index in [0.29, 0.717) is 5.56 Å². The van der Waals surface area contributed by atoms with Crippen molar-refractivity contribution in [2.24, 2.45) is 28.1 Å². The second-order valence-electron chi connectivity index (χ2n) is 14.5. The number of alkyl halides is 3. The molecule has 2 fully saturated rings. The monoisotopic (exact) mass is 591 g/mol. The van der Waals surface area contributed by atoms with E-state index in [1.807, 2.05) is 25.2 Å². The minimum absolute atomic E-state index is 0.0459. The molecular formula is C30H40F3N5O4. The number of carbonyl (C=O) groups is 3. The number of halogens is 3. The van der Waals surface area contributed by atoms with Crippen LogP contribution in [0.1, 0.15) is 71.7 Å². The van der Waals surface area contributed by atoms with Gasteiger partial charge in [0, 0.05) is 24.2 Å². The van der Waals surface area contributed by atoms with Crippen molar-refractivity contribution in [3.63, 3.8) is 0 Å². The van der Waals surface area contributed by atoms with E-state index >= 15 is 0 Å². The lowest BCUT2D eigenvalue weighted by molar-refractivity contribution is -0.176. The Morgan fingerprint density at radius 1 is 1.17 bits per heavy atom. The van der Waals surface area contributed by atoms with Crippen LogP contribution in [0.2, 0.25) is 0 Å². The standard InChI is InChI=1S/C30H40F3N5O4/c1-27(2,3)22(37-26(42)30(31,32)33)25(41)38-14-18-20(29(18,6)7)21(38)24(40)35-17(13-34)11-15-10-16-12-28(4,5)9-8-19(16)36-23(15)39/h10,17-18,20-22H,8-9,11-12,14H2,1-7H3,(H,35,40)(H,36,39)(H,37,42)/t17?,18-,20+,21-,22+/m0/s1. The topological polar surface area (TPSA) is 135 Å². The maximum atomic E-state index is 13.7. The van der Waals surface area contributed by atoms with Crippen LogP contribution < -0.4 is 16.2 Å². The number of nitriles is 1. The third-order valence-electron chi connectivity index (χ3n) is 9.32. The van der Waals surface area contributed by atoms with E-state index in [9.17, 15) is 37.6 Å². The van der Waals surface area contributed by atoms with E-state index < -0.39 is 47.4 Å². The first-order valence-corrected chi connectivity index (χ1v) is 14.3. The molecule has 0 spiro atoms. The molecule has 0 radical (unpaired) electrons. The molecule has 3 N–H and O–H groups in total. The second-order valence-corrected chi connectivity index (χ2v) is 14.5. The summed E-state index contributed by atoms with van der Waals surface area (Å²) in [5, 5.41) is 14.4. The summed E-state index contributed by atoms with van der Waals surface area (Å²) >= 11 is 0. The summed E-state index contributed by atoms with van der Waals surface area (Å²) in [4.78, 5) is 56.1.